The van der Waals surface area contributed by atoms with Gasteiger partial charge in [0.2, 0.25) is 11.9 Å². The van der Waals surface area contributed by atoms with E-state index in [0.29, 0.717) is 23.8 Å². The molecular formula is C23H26N3O3+. The van der Waals surface area contributed by atoms with Crippen molar-refractivity contribution in [3.63, 3.8) is 0 Å². The minimum absolute atomic E-state index is 0.622. The number of hydrogen-bond donors (Lipinski definition) is 1. The van der Waals surface area contributed by atoms with Gasteiger partial charge in [-0.1, -0.05) is 4.36 Å². The smallest absolute Gasteiger partial charge is 0.242 e. The molecule has 0 saturated heterocycles. The maximum Gasteiger partial charge on any atom is 0.242 e. The van der Waals surface area contributed by atoms with Gasteiger partial charge in [-0.3, -0.25) is 0 Å². The van der Waals surface area contributed by atoms with Crippen LogP contribution in [0.3, 0.4) is 0 Å². The molecule has 2 aromatic heterocycles. The molecule has 4 rings (SSSR count). The van der Waals surface area contributed by atoms with Gasteiger partial charge >= 0.3 is 0 Å². The van der Waals surface area contributed by atoms with Crippen LogP contribution < -0.4 is 24.3 Å². The molecule has 3 heterocycles. The van der Waals surface area contributed by atoms with Gasteiger partial charge in [0.25, 0.3) is 0 Å². The first-order valence-corrected chi connectivity index (χ1v) is 9.58. The van der Waals surface area contributed by atoms with E-state index in [2.05, 4.69) is 46.3 Å². The largest absolute Gasteiger partial charge is 0.496 e. The molecule has 29 heavy (non-hydrogen) atoms. The number of benzene rings is 1. The third-order valence-electron chi connectivity index (χ3n) is 5.30. The fourth-order valence-electron chi connectivity index (χ4n) is 4.03. The standard InChI is InChI=1S/C23H26N3O3/c1-15-12-16(26-23(15)18(9-10-24)20-6-5-11-25(20)26)7-8-19-21(28-3)13-17(27-2)14-22(19)29-4/h5-8,11-14H,9-10,24H2,1-4H3/q+1/b8-7+. The molecule has 0 atom stereocenters. The lowest BCUT2D eigenvalue weighted by Gasteiger charge is -2.12. The van der Waals surface area contributed by atoms with Gasteiger partial charge in [0.1, 0.15) is 28.5 Å². The second-order valence-electron chi connectivity index (χ2n) is 6.95. The van der Waals surface area contributed by atoms with Crippen molar-refractivity contribution in [3.05, 3.63) is 58.6 Å². The highest BCUT2D eigenvalue weighted by Crippen LogP contribution is 2.35. The average molecular weight is 392 g/mol. The zero-order valence-corrected chi connectivity index (χ0v) is 17.2. The summed E-state index contributed by atoms with van der Waals surface area (Å²) in [7, 11) is 4.91. The van der Waals surface area contributed by atoms with E-state index in [1.807, 2.05) is 18.2 Å². The molecule has 1 aliphatic rings. The van der Waals surface area contributed by atoms with Crippen molar-refractivity contribution in [3.8, 4) is 17.2 Å². The lowest BCUT2D eigenvalue weighted by atomic mass is 10.1. The number of aromatic nitrogens is 2. The Kier molecular flexibility index (Phi) is 5.03. The first-order valence-electron chi connectivity index (χ1n) is 9.58. The number of methoxy groups -OCH3 is 3. The van der Waals surface area contributed by atoms with E-state index in [1.54, 1.807) is 21.3 Å². The van der Waals surface area contributed by atoms with Gasteiger partial charge in [-0.05, 0) is 43.7 Å². The number of nitrogens with zero attached hydrogens (tertiary/aromatic N) is 2. The third kappa shape index (κ3) is 3.06. The summed E-state index contributed by atoms with van der Waals surface area (Å²) in [5.74, 6) is 2.08. The summed E-state index contributed by atoms with van der Waals surface area (Å²) in [6.45, 7) is 2.76. The molecule has 0 saturated carbocycles. The first kappa shape index (κ1) is 19.1. The maximum absolute atomic E-state index is 5.88. The first-order chi connectivity index (χ1) is 14.1. The number of nitrogens with two attached hydrogens (primary N) is 1. The van der Waals surface area contributed by atoms with E-state index in [1.165, 1.54) is 22.3 Å². The van der Waals surface area contributed by atoms with Crippen LogP contribution in [0.5, 0.6) is 17.2 Å². The highest BCUT2D eigenvalue weighted by atomic mass is 16.5. The SMILES string of the molecule is COc1cc(OC)c(/C=C/c2cc(C)c3c(CCN)c4[n+](n23)=CC=C4)c(OC)c1. The summed E-state index contributed by atoms with van der Waals surface area (Å²) in [5, 5.41) is 0. The van der Waals surface area contributed by atoms with Gasteiger partial charge in [0, 0.05) is 24.3 Å². The number of aryl methyl sites for hydroxylation is 1. The Balaban J connectivity index is 1.87. The minimum Gasteiger partial charge on any atom is -0.496 e. The molecule has 0 spiro atoms. The average Bonchev–Trinajstić information content (AvgIpc) is 3.40. The normalized spacial score (nSPS) is 12.6. The van der Waals surface area contributed by atoms with Crippen LogP contribution in [0.15, 0.2) is 24.3 Å². The number of fused-ring (bicyclic) bond motifs is 3. The van der Waals surface area contributed by atoms with Crippen LogP contribution in [-0.2, 0) is 6.42 Å². The van der Waals surface area contributed by atoms with Gasteiger partial charge in [0.05, 0.1) is 32.5 Å². The molecule has 1 aliphatic heterocycles. The lowest BCUT2D eigenvalue weighted by Crippen LogP contribution is -2.24. The summed E-state index contributed by atoms with van der Waals surface area (Å²) in [4.78, 5) is 0. The van der Waals surface area contributed by atoms with Gasteiger partial charge in [0.15, 0.2) is 0 Å². The van der Waals surface area contributed by atoms with Crippen LogP contribution in [0.25, 0.3) is 23.7 Å². The molecule has 0 amide bonds. The monoisotopic (exact) mass is 392 g/mol. The quantitative estimate of drug-likeness (QED) is 0.628. The molecule has 6 heteroatoms. The van der Waals surface area contributed by atoms with Crippen LogP contribution in [0.1, 0.15) is 28.1 Å². The molecule has 6 nitrogen and oxygen atoms in total. The number of allylic oxidation sites excluding steroid dienone is 1. The summed E-state index contributed by atoms with van der Waals surface area (Å²) in [5.41, 5.74) is 12.7. The fourth-order valence-corrected chi connectivity index (χ4v) is 4.03. The van der Waals surface area contributed by atoms with Crippen LogP contribution >= 0.6 is 0 Å². The molecule has 0 radical (unpaired) electrons. The van der Waals surface area contributed by atoms with Gasteiger partial charge < -0.3 is 19.9 Å². The summed E-state index contributed by atoms with van der Waals surface area (Å²) >= 11 is 0. The zero-order chi connectivity index (χ0) is 20.5. The highest BCUT2D eigenvalue weighted by molar-refractivity contribution is 5.79. The topological polar surface area (TPSA) is 64.0 Å². The molecular weight excluding hydrogens is 366 g/mol. The third-order valence-corrected chi connectivity index (χ3v) is 5.30. The predicted octanol–water partition coefficient (Wildman–Crippen LogP) is 2.99. The Bertz CT molecular complexity index is 1160. The van der Waals surface area contributed by atoms with E-state index in [4.69, 9.17) is 19.9 Å². The molecule has 0 bridgehead atoms. The highest BCUT2D eigenvalue weighted by Gasteiger charge is 2.26. The van der Waals surface area contributed by atoms with Crippen molar-refractivity contribution in [2.45, 2.75) is 13.3 Å². The van der Waals surface area contributed by atoms with E-state index < -0.39 is 0 Å². The number of hydrogen-bond acceptors (Lipinski definition) is 4. The molecule has 150 valence electrons. The Morgan fingerprint density at radius 1 is 1.03 bits per heavy atom. The molecule has 0 unspecified atom stereocenters. The Morgan fingerprint density at radius 3 is 2.38 bits per heavy atom. The van der Waals surface area contributed by atoms with Crippen molar-refractivity contribution >= 4 is 23.7 Å². The molecule has 0 fully saturated rings. The molecule has 0 aliphatic carbocycles. The Labute approximate surface area is 170 Å². The van der Waals surface area contributed by atoms with Crippen molar-refractivity contribution in [1.82, 2.24) is 4.52 Å². The maximum atomic E-state index is 5.88. The summed E-state index contributed by atoms with van der Waals surface area (Å²) in [6, 6.07) is 5.90. The molecule has 2 N–H and O–H groups in total. The van der Waals surface area contributed by atoms with Crippen LogP contribution in [-0.4, -0.2) is 32.4 Å². The minimum atomic E-state index is 0.622. The van der Waals surface area contributed by atoms with Crippen LogP contribution in [0.2, 0.25) is 0 Å². The van der Waals surface area contributed by atoms with Gasteiger partial charge in [-0.2, -0.15) is 0 Å². The van der Waals surface area contributed by atoms with E-state index >= 15 is 0 Å². The van der Waals surface area contributed by atoms with Crippen LogP contribution in [0, 0.1) is 13.1 Å². The predicted molar refractivity (Wildman–Crippen MR) is 114 cm³/mol. The molecule has 1 aromatic carbocycles. The fraction of sp³-hybridized carbons (Fsp3) is 0.261. The van der Waals surface area contributed by atoms with Gasteiger partial charge in [-0.15, -0.1) is 4.52 Å². The van der Waals surface area contributed by atoms with Crippen LogP contribution in [0.4, 0.5) is 0 Å². The zero-order valence-electron chi connectivity index (χ0n) is 17.2. The van der Waals surface area contributed by atoms with Gasteiger partial charge in [-0.25, -0.2) is 0 Å². The van der Waals surface area contributed by atoms with Crippen molar-refractivity contribution in [2.75, 3.05) is 27.9 Å². The van der Waals surface area contributed by atoms with E-state index in [0.717, 1.165) is 17.7 Å². The number of rotatable bonds is 7. The van der Waals surface area contributed by atoms with E-state index in [9.17, 15) is 0 Å². The number of ether oxygens (including phenoxy) is 3. The van der Waals surface area contributed by atoms with Crippen molar-refractivity contribution < 1.29 is 18.6 Å². The second kappa shape index (κ2) is 7.64. The molecule has 3 aromatic rings. The Hall–Kier alpha value is -3.25. The Morgan fingerprint density at radius 2 is 1.76 bits per heavy atom. The second-order valence-corrected chi connectivity index (χ2v) is 6.95. The summed E-state index contributed by atoms with van der Waals surface area (Å²) < 4.78 is 20.9. The summed E-state index contributed by atoms with van der Waals surface area (Å²) in [6.07, 6.45) is 11.2. The van der Waals surface area contributed by atoms with Crippen molar-refractivity contribution in [2.24, 2.45) is 5.73 Å². The van der Waals surface area contributed by atoms with E-state index in [-0.39, 0.29) is 0 Å². The lowest BCUT2D eigenvalue weighted by molar-refractivity contribution is -0.583. The van der Waals surface area contributed by atoms with Crippen molar-refractivity contribution in [1.29, 1.82) is 0 Å².